The largest absolute Gasteiger partial charge is 0.437 e. The number of pyridine rings is 2. The van der Waals surface area contributed by atoms with Gasteiger partial charge in [0.25, 0.3) is 0 Å². The van der Waals surface area contributed by atoms with Gasteiger partial charge in [0.15, 0.2) is 5.75 Å². The van der Waals surface area contributed by atoms with Gasteiger partial charge < -0.3 is 10.5 Å². The first-order valence-electron chi connectivity index (χ1n) is 5.96. The molecule has 2 aromatic heterocycles. The third-order valence-corrected chi connectivity index (χ3v) is 2.74. The Hall–Kier alpha value is -2.10. The molecule has 0 spiro atoms. The molecule has 0 bridgehead atoms. The zero-order valence-corrected chi connectivity index (χ0v) is 10.9. The molecule has 2 heterocycles. The standard InChI is InChI=1S/C14H17N3O/c1-4-12-13(6-5-10(3)17-12)18-14-7-11(15)9(2)8-16-14/h5-8H,4H2,1-3H3,(H2,15,16). The van der Waals surface area contributed by atoms with Crippen LogP contribution in [0.15, 0.2) is 24.4 Å². The van der Waals surface area contributed by atoms with Crippen molar-refractivity contribution < 1.29 is 4.74 Å². The van der Waals surface area contributed by atoms with Gasteiger partial charge in [-0.05, 0) is 38.0 Å². The lowest BCUT2D eigenvalue weighted by Crippen LogP contribution is -1.98. The minimum atomic E-state index is 0.499. The lowest BCUT2D eigenvalue weighted by molar-refractivity contribution is 0.454. The average molecular weight is 243 g/mol. The molecule has 0 aliphatic rings. The Morgan fingerprint density at radius 1 is 1.28 bits per heavy atom. The van der Waals surface area contributed by atoms with E-state index in [0.717, 1.165) is 29.1 Å². The molecule has 2 N–H and O–H groups in total. The van der Waals surface area contributed by atoms with Gasteiger partial charge in [-0.25, -0.2) is 4.98 Å². The highest BCUT2D eigenvalue weighted by molar-refractivity contribution is 5.48. The van der Waals surface area contributed by atoms with Gasteiger partial charge in [0.2, 0.25) is 5.88 Å². The van der Waals surface area contributed by atoms with E-state index in [1.165, 1.54) is 0 Å². The molecule has 0 unspecified atom stereocenters. The van der Waals surface area contributed by atoms with Gasteiger partial charge >= 0.3 is 0 Å². The molecule has 2 rings (SSSR count). The van der Waals surface area contributed by atoms with Crippen LogP contribution >= 0.6 is 0 Å². The Labute approximate surface area is 107 Å². The van der Waals surface area contributed by atoms with E-state index in [1.54, 1.807) is 12.3 Å². The van der Waals surface area contributed by atoms with Crippen molar-refractivity contribution in [2.45, 2.75) is 27.2 Å². The molecule has 0 fully saturated rings. The van der Waals surface area contributed by atoms with Gasteiger partial charge in [0, 0.05) is 23.6 Å². The van der Waals surface area contributed by atoms with Crippen LogP contribution in [0.5, 0.6) is 11.6 Å². The van der Waals surface area contributed by atoms with Crippen LogP contribution < -0.4 is 10.5 Å². The maximum Gasteiger partial charge on any atom is 0.221 e. The Kier molecular flexibility index (Phi) is 3.46. The Morgan fingerprint density at radius 3 is 2.72 bits per heavy atom. The molecular weight excluding hydrogens is 226 g/mol. The van der Waals surface area contributed by atoms with Crippen LogP contribution in [0.3, 0.4) is 0 Å². The summed E-state index contributed by atoms with van der Waals surface area (Å²) in [7, 11) is 0. The van der Waals surface area contributed by atoms with Crippen LogP contribution in [0.4, 0.5) is 5.69 Å². The van der Waals surface area contributed by atoms with Crippen LogP contribution in [-0.2, 0) is 6.42 Å². The highest BCUT2D eigenvalue weighted by Crippen LogP contribution is 2.25. The van der Waals surface area contributed by atoms with Gasteiger partial charge in [-0.15, -0.1) is 0 Å². The maximum atomic E-state index is 5.83. The molecule has 94 valence electrons. The van der Waals surface area contributed by atoms with Crippen molar-refractivity contribution in [3.8, 4) is 11.6 Å². The van der Waals surface area contributed by atoms with Gasteiger partial charge in [0.1, 0.15) is 0 Å². The van der Waals surface area contributed by atoms with Crippen LogP contribution in [0, 0.1) is 13.8 Å². The van der Waals surface area contributed by atoms with Crippen LogP contribution in [0.2, 0.25) is 0 Å². The third kappa shape index (κ3) is 2.59. The van der Waals surface area contributed by atoms with Crippen LogP contribution in [-0.4, -0.2) is 9.97 Å². The van der Waals surface area contributed by atoms with E-state index in [2.05, 4.69) is 9.97 Å². The second-order valence-electron chi connectivity index (χ2n) is 4.23. The molecule has 0 aliphatic carbocycles. The first kappa shape index (κ1) is 12.4. The number of rotatable bonds is 3. The van der Waals surface area contributed by atoms with E-state index in [9.17, 15) is 0 Å². The smallest absolute Gasteiger partial charge is 0.221 e. The topological polar surface area (TPSA) is 61.0 Å². The number of aryl methyl sites for hydroxylation is 3. The number of hydrogen-bond acceptors (Lipinski definition) is 4. The predicted octanol–water partition coefficient (Wildman–Crippen LogP) is 3.03. The monoisotopic (exact) mass is 243 g/mol. The number of nitrogen functional groups attached to an aromatic ring is 1. The molecule has 0 saturated heterocycles. The number of aromatic nitrogens is 2. The van der Waals surface area contributed by atoms with Crippen molar-refractivity contribution in [3.63, 3.8) is 0 Å². The molecule has 0 saturated carbocycles. The highest BCUT2D eigenvalue weighted by Gasteiger charge is 2.07. The minimum Gasteiger partial charge on any atom is -0.437 e. The summed E-state index contributed by atoms with van der Waals surface area (Å²) < 4.78 is 5.74. The summed E-state index contributed by atoms with van der Waals surface area (Å²) in [4.78, 5) is 8.65. The zero-order valence-electron chi connectivity index (χ0n) is 10.9. The van der Waals surface area contributed by atoms with Gasteiger partial charge in [-0.3, -0.25) is 4.98 Å². The van der Waals surface area contributed by atoms with Gasteiger partial charge in [-0.2, -0.15) is 0 Å². The van der Waals surface area contributed by atoms with E-state index < -0.39 is 0 Å². The summed E-state index contributed by atoms with van der Waals surface area (Å²) in [5.74, 6) is 1.23. The average Bonchev–Trinajstić information content (AvgIpc) is 2.36. The molecule has 4 nitrogen and oxygen atoms in total. The quantitative estimate of drug-likeness (QED) is 0.900. The molecule has 0 aromatic carbocycles. The number of nitrogens with zero attached hydrogens (tertiary/aromatic N) is 2. The summed E-state index contributed by atoms with van der Waals surface area (Å²) in [6, 6.07) is 5.57. The van der Waals surface area contributed by atoms with Crippen molar-refractivity contribution in [2.75, 3.05) is 5.73 Å². The fourth-order valence-corrected chi connectivity index (χ4v) is 1.63. The molecule has 0 atom stereocenters. The second kappa shape index (κ2) is 5.04. The molecule has 2 aromatic rings. The second-order valence-corrected chi connectivity index (χ2v) is 4.23. The third-order valence-electron chi connectivity index (χ3n) is 2.74. The van der Waals surface area contributed by atoms with Crippen LogP contribution in [0.1, 0.15) is 23.9 Å². The summed E-state index contributed by atoms with van der Waals surface area (Å²) in [5.41, 5.74) is 9.37. The predicted molar refractivity (Wildman–Crippen MR) is 71.8 cm³/mol. The number of hydrogen-bond donors (Lipinski definition) is 1. The van der Waals surface area contributed by atoms with E-state index >= 15 is 0 Å². The molecule has 18 heavy (non-hydrogen) atoms. The SMILES string of the molecule is CCc1nc(C)ccc1Oc1cc(N)c(C)cn1. The molecule has 0 aliphatic heterocycles. The normalized spacial score (nSPS) is 10.4. The van der Waals surface area contributed by atoms with Crippen molar-refractivity contribution >= 4 is 5.69 Å². The van der Waals surface area contributed by atoms with Crippen molar-refractivity contribution in [3.05, 3.63) is 41.3 Å². The summed E-state index contributed by atoms with van der Waals surface area (Å²) in [6.07, 6.45) is 2.52. The van der Waals surface area contributed by atoms with Gasteiger partial charge in [-0.1, -0.05) is 6.92 Å². The molecule has 4 heteroatoms. The summed E-state index contributed by atoms with van der Waals surface area (Å²) >= 11 is 0. The fraction of sp³-hybridized carbons (Fsp3) is 0.286. The first-order chi connectivity index (χ1) is 8.60. The molecule has 0 amide bonds. The Bertz CT molecular complexity index is 567. The fourth-order valence-electron chi connectivity index (χ4n) is 1.63. The minimum absolute atomic E-state index is 0.499. The maximum absolute atomic E-state index is 5.83. The number of ether oxygens (including phenoxy) is 1. The first-order valence-corrected chi connectivity index (χ1v) is 5.96. The van der Waals surface area contributed by atoms with E-state index in [1.807, 2.05) is 32.9 Å². The van der Waals surface area contributed by atoms with Crippen molar-refractivity contribution in [1.82, 2.24) is 9.97 Å². The summed E-state index contributed by atoms with van der Waals surface area (Å²) in [6.45, 7) is 5.92. The number of nitrogens with two attached hydrogens (primary N) is 1. The number of anilines is 1. The lowest BCUT2D eigenvalue weighted by Gasteiger charge is -2.10. The molecule has 0 radical (unpaired) electrons. The van der Waals surface area contributed by atoms with E-state index in [-0.39, 0.29) is 0 Å². The van der Waals surface area contributed by atoms with Crippen LogP contribution in [0.25, 0.3) is 0 Å². The summed E-state index contributed by atoms with van der Waals surface area (Å²) in [5, 5.41) is 0. The highest BCUT2D eigenvalue weighted by atomic mass is 16.5. The zero-order chi connectivity index (χ0) is 13.1. The molecular formula is C14H17N3O. The van der Waals surface area contributed by atoms with Crippen molar-refractivity contribution in [2.24, 2.45) is 0 Å². The van der Waals surface area contributed by atoms with Crippen molar-refractivity contribution in [1.29, 1.82) is 0 Å². The van der Waals surface area contributed by atoms with Gasteiger partial charge in [0.05, 0.1) is 5.69 Å². The Morgan fingerprint density at radius 2 is 2.06 bits per heavy atom. The lowest BCUT2D eigenvalue weighted by atomic mass is 10.2. The van der Waals surface area contributed by atoms with E-state index in [4.69, 9.17) is 10.5 Å². The van der Waals surface area contributed by atoms with E-state index in [0.29, 0.717) is 11.6 Å². The Balaban J connectivity index is 2.30.